The zero-order valence-electron chi connectivity index (χ0n) is 10.7. The Labute approximate surface area is 107 Å². The zero-order chi connectivity index (χ0) is 12.5. The molecular weight excluding hydrogens is 230 g/mol. The molecule has 1 fully saturated rings. The van der Waals surface area contributed by atoms with Gasteiger partial charge in [0.15, 0.2) is 5.69 Å². The maximum atomic E-state index is 12.2. The lowest BCUT2D eigenvalue weighted by Crippen LogP contribution is -2.33. The number of hydrogen-bond donors (Lipinski definition) is 1. The van der Waals surface area contributed by atoms with Gasteiger partial charge in [0.05, 0.1) is 6.61 Å². The third-order valence-electron chi connectivity index (χ3n) is 3.79. The number of carbonyl (C=O) groups is 1. The van der Waals surface area contributed by atoms with Gasteiger partial charge >= 0.3 is 0 Å². The predicted molar refractivity (Wildman–Crippen MR) is 66.8 cm³/mol. The van der Waals surface area contributed by atoms with Gasteiger partial charge in [-0.2, -0.15) is 5.10 Å². The maximum Gasteiger partial charge on any atom is 0.272 e. The van der Waals surface area contributed by atoms with E-state index in [1.807, 2.05) is 11.6 Å². The van der Waals surface area contributed by atoms with Crippen molar-refractivity contribution in [2.45, 2.75) is 51.6 Å². The van der Waals surface area contributed by atoms with E-state index >= 15 is 0 Å². The Hall–Kier alpha value is -1.52. The van der Waals surface area contributed by atoms with Crippen LogP contribution in [0.2, 0.25) is 0 Å². The van der Waals surface area contributed by atoms with Crippen molar-refractivity contribution in [1.82, 2.24) is 15.1 Å². The highest BCUT2D eigenvalue weighted by Gasteiger charge is 2.25. The molecule has 0 spiro atoms. The van der Waals surface area contributed by atoms with Gasteiger partial charge in [-0.05, 0) is 19.8 Å². The van der Waals surface area contributed by atoms with E-state index in [1.54, 1.807) is 0 Å². The Morgan fingerprint density at radius 2 is 2.17 bits per heavy atom. The molecule has 1 aromatic heterocycles. The fourth-order valence-electron chi connectivity index (χ4n) is 2.79. The van der Waals surface area contributed by atoms with E-state index in [9.17, 15) is 4.79 Å². The van der Waals surface area contributed by atoms with Crippen molar-refractivity contribution in [3.63, 3.8) is 0 Å². The topological polar surface area (TPSA) is 56.2 Å². The minimum absolute atomic E-state index is 0.0510. The largest absolute Gasteiger partial charge is 0.478 e. The number of carbonyl (C=O) groups excluding carboxylic acids is 1. The van der Waals surface area contributed by atoms with Crippen molar-refractivity contribution in [3.8, 4) is 5.88 Å². The van der Waals surface area contributed by atoms with Crippen LogP contribution >= 0.6 is 0 Å². The first-order valence-corrected chi connectivity index (χ1v) is 6.77. The van der Waals surface area contributed by atoms with Crippen LogP contribution in [0.25, 0.3) is 0 Å². The van der Waals surface area contributed by atoms with Gasteiger partial charge in [0.2, 0.25) is 5.88 Å². The predicted octanol–water partition coefficient (Wildman–Crippen LogP) is 1.65. The summed E-state index contributed by atoms with van der Waals surface area (Å²) in [5, 5.41) is 7.45. The van der Waals surface area contributed by atoms with Crippen molar-refractivity contribution in [1.29, 1.82) is 0 Å². The summed E-state index contributed by atoms with van der Waals surface area (Å²) in [5.74, 6) is 0.711. The Bertz CT molecular complexity index is 461. The molecule has 18 heavy (non-hydrogen) atoms. The SMILES string of the molecule is Cc1c(C(=O)NC2CCCC2)nn2c1OCCC2. The number of aryl methyl sites for hydroxylation is 1. The van der Waals surface area contributed by atoms with Gasteiger partial charge in [-0.1, -0.05) is 12.8 Å². The van der Waals surface area contributed by atoms with Gasteiger partial charge in [0, 0.05) is 24.6 Å². The van der Waals surface area contributed by atoms with Crippen molar-refractivity contribution in [3.05, 3.63) is 11.3 Å². The van der Waals surface area contributed by atoms with Crippen LogP contribution in [0.4, 0.5) is 0 Å². The highest BCUT2D eigenvalue weighted by molar-refractivity contribution is 5.94. The molecule has 1 aliphatic heterocycles. The third-order valence-corrected chi connectivity index (χ3v) is 3.79. The summed E-state index contributed by atoms with van der Waals surface area (Å²) in [6.07, 6.45) is 5.57. The van der Waals surface area contributed by atoms with E-state index in [2.05, 4.69) is 10.4 Å². The van der Waals surface area contributed by atoms with E-state index < -0.39 is 0 Å². The highest BCUT2D eigenvalue weighted by atomic mass is 16.5. The van der Waals surface area contributed by atoms with E-state index in [0.29, 0.717) is 11.7 Å². The second-order valence-electron chi connectivity index (χ2n) is 5.16. The van der Waals surface area contributed by atoms with Crippen molar-refractivity contribution >= 4 is 5.91 Å². The standard InChI is InChI=1S/C13H19N3O2/c1-9-11(12(17)14-10-5-2-3-6-10)15-16-7-4-8-18-13(9)16/h10H,2-8H2,1H3,(H,14,17). The van der Waals surface area contributed by atoms with Crippen molar-refractivity contribution < 1.29 is 9.53 Å². The van der Waals surface area contributed by atoms with Crippen LogP contribution in [0, 0.1) is 6.92 Å². The smallest absolute Gasteiger partial charge is 0.272 e. The van der Waals surface area contributed by atoms with Gasteiger partial charge in [0.25, 0.3) is 5.91 Å². The molecule has 0 atom stereocenters. The fraction of sp³-hybridized carbons (Fsp3) is 0.692. The lowest BCUT2D eigenvalue weighted by molar-refractivity contribution is 0.0931. The molecule has 0 aromatic carbocycles. The lowest BCUT2D eigenvalue weighted by atomic mass is 10.2. The maximum absolute atomic E-state index is 12.2. The molecule has 1 amide bonds. The van der Waals surface area contributed by atoms with Crippen molar-refractivity contribution in [2.24, 2.45) is 0 Å². The Kier molecular flexibility index (Phi) is 2.97. The molecule has 0 unspecified atom stereocenters. The number of fused-ring (bicyclic) bond motifs is 1. The lowest BCUT2D eigenvalue weighted by Gasteiger charge is -2.14. The average Bonchev–Trinajstić information content (AvgIpc) is 2.98. The summed E-state index contributed by atoms with van der Waals surface area (Å²) in [5.41, 5.74) is 1.39. The quantitative estimate of drug-likeness (QED) is 0.867. The molecule has 0 bridgehead atoms. The molecule has 2 aliphatic rings. The first-order valence-electron chi connectivity index (χ1n) is 6.77. The van der Waals surface area contributed by atoms with E-state index in [1.165, 1.54) is 12.8 Å². The first-order chi connectivity index (χ1) is 8.75. The summed E-state index contributed by atoms with van der Waals surface area (Å²) in [6, 6.07) is 0.330. The number of ether oxygens (including phenoxy) is 1. The molecule has 0 saturated heterocycles. The minimum Gasteiger partial charge on any atom is -0.478 e. The van der Waals surface area contributed by atoms with Gasteiger partial charge in [-0.3, -0.25) is 4.79 Å². The Morgan fingerprint density at radius 3 is 2.89 bits per heavy atom. The number of nitrogens with one attached hydrogen (secondary N) is 1. The van der Waals surface area contributed by atoms with Gasteiger partial charge in [-0.25, -0.2) is 4.68 Å². The average molecular weight is 249 g/mol. The van der Waals surface area contributed by atoms with Crippen LogP contribution in [0.5, 0.6) is 5.88 Å². The van der Waals surface area contributed by atoms with Gasteiger partial charge < -0.3 is 10.1 Å². The third kappa shape index (κ3) is 1.98. The summed E-state index contributed by atoms with van der Waals surface area (Å²) in [4.78, 5) is 12.2. The van der Waals surface area contributed by atoms with E-state index in [4.69, 9.17) is 4.74 Å². The van der Waals surface area contributed by atoms with E-state index in [0.717, 1.165) is 43.9 Å². The number of nitrogens with zero attached hydrogens (tertiary/aromatic N) is 2. The van der Waals surface area contributed by atoms with Crippen LogP contribution in [-0.2, 0) is 6.54 Å². The monoisotopic (exact) mass is 249 g/mol. The molecule has 1 aliphatic carbocycles. The van der Waals surface area contributed by atoms with Crippen LogP contribution in [0.3, 0.4) is 0 Å². The first kappa shape index (κ1) is 11.6. The number of rotatable bonds is 2. The normalized spacial score (nSPS) is 19.4. The van der Waals surface area contributed by atoms with Crippen LogP contribution in [-0.4, -0.2) is 28.3 Å². The molecule has 0 radical (unpaired) electrons. The number of hydrogen-bond acceptors (Lipinski definition) is 3. The molecule has 5 heteroatoms. The molecule has 5 nitrogen and oxygen atoms in total. The van der Waals surface area contributed by atoms with E-state index in [-0.39, 0.29) is 5.91 Å². The summed E-state index contributed by atoms with van der Waals surface area (Å²) in [6.45, 7) is 3.47. The second kappa shape index (κ2) is 4.63. The molecule has 1 saturated carbocycles. The number of aromatic nitrogens is 2. The molecule has 3 rings (SSSR count). The van der Waals surface area contributed by atoms with Gasteiger partial charge in [0.1, 0.15) is 0 Å². The Morgan fingerprint density at radius 1 is 1.39 bits per heavy atom. The van der Waals surface area contributed by atoms with Crippen LogP contribution in [0.1, 0.15) is 48.2 Å². The molecule has 1 N–H and O–H groups in total. The number of amides is 1. The summed E-state index contributed by atoms with van der Waals surface area (Å²) >= 11 is 0. The van der Waals surface area contributed by atoms with Crippen molar-refractivity contribution in [2.75, 3.05) is 6.61 Å². The summed E-state index contributed by atoms with van der Waals surface area (Å²) < 4.78 is 7.38. The van der Waals surface area contributed by atoms with Crippen LogP contribution < -0.4 is 10.1 Å². The minimum atomic E-state index is -0.0510. The Balaban J connectivity index is 1.78. The van der Waals surface area contributed by atoms with Gasteiger partial charge in [-0.15, -0.1) is 0 Å². The highest BCUT2D eigenvalue weighted by Crippen LogP contribution is 2.25. The fourth-order valence-corrected chi connectivity index (χ4v) is 2.79. The summed E-state index contributed by atoms with van der Waals surface area (Å²) in [7, 11) is 0. The van der Waals surface area contributed by atoms with Crippen LogP contribution in [0.15, 0.2) is 0 Å². The molecule has 1 aromatic rings. The molecular formula is C13H19N3O2. The molecule has 98 valence electrons. The zero-order valence-corrected chi connectivity index (χ0v) is 10.7. The second-order valence-corrected chi connectivity index (χ2v) is 5.16. The molecule has 2 heterocycles.